The first kappa shape index (κ1) is 13.4. The van der Waals surface area contributed by atoms with E-state index < -0.39 is 13.9 Å². The third-order valence-electron chi connectivity index (χ3n) is 2.75. The summed E-state index contributed by atoms with van der Waals surface area (Å²) in [6.07, 6.45) is 0.543. The van der Waals surface area contributed by atoms with Gasteiger partial charge >= 0.3 is 0 Å². The van der Waals surface area contributed by atoms with Gasteiger partial charge in [-0.15, -0.1) is 0 Å². The average Bonchev–Trinajstić information content (AvgIpc) is 2.28. The van der Waals surface area contributed by atoms with Crippen LogP contribution in [0.15, 0.2) is 18.2 Å². The highest BCUT2D eigenvalue weighted by Crippen LogP contribution is 2.42. The molecule has 18 heavy (non-hydrogen) atoms. The lowest BCUT2D eigenvalue weighted by Crippen LogP contribution is -2.42. The summed E-state index contributed by atoms with van der Waals surface area (Å²) in [5.41, 5.74) is -0.158. The van der Waals surface area contributed by atoms with Gasteiger partial charge < -0.3 is 9.16 Å². The van der Waals surface area contributed by atoms with E-state index in [4.69, 9.17) is 20.8 Å². The van der Waals surface area contributed by atoms with Crippen LogP contribution in [0.4, 0.5) is 0 Å². The van der Waals surface area contributed by atoms with Crippen molar-refractivity contribution in [2.75, 3.05) is 6.61 Å². The maximum Gasteiger partial charge on any atom is 0.186 e. The molecule has 0 aromatic heterocycles. The summed E-state index contributed by atoms with van der Waals surface area (Å²) in [6, 6.07) is 7.68. The molecule has 0 N–H and O–H groups in total. The maximum atomic E-state index is 9.59. The molecule has 0 saturated heterocycles. The van der Waals surface area contributed by atoms with E-state index in [1.54, 1.807) is 18.2 Å². The van der Waals surface area contributed by atoms with Crippen molar-refractivity contribution in [1.29, 1.82) is 5.26 Å². The van der Waals surface area contributed by atoms with Crippen LogP contribution in [0.3, 0.4) is 0 Å². The fraction of sp³-hybridized carbons (Fsp3) is 0.462. The van der Waals surface area contributed by atoms with Crippen molar-refractivity contribution in [2.45, 2.75) is 31.7 Å². The number of fused-ring (bicyclic) bond motifs is 1. The highest BCUT2D eigenvalue weighted by Gasteiger charge is 2.42. The van der Waals surface area contributed by atoms with Crippen molar-refractivity contribution >= 4 is 19.9 Å². The van der Waals surface area contributed by atoms with Gasteiger partial charge in [-0.3, -0.25) is 0 Å². The van der Waals surface area contributed by atoms with Crippen molar-refractivity contribution in [1.82, 2.24) is 0 Å². The molecule has 0 aliphatic carbocycles. The highest BCUT2D eigenvalue weighted by molar-refractivity contribution is 6.69. The quantitative estimate of drug-likeness (QED) is 0.777. The highest BCUT2D eigenvalue weighted by atomic mass is 35.5. The molecule has 1 aromatic carbocycles. The lowest BCUT2D eigenvalue weighted by atomic mass is 9.90. The molecule has 3 nitrogen and oxygen atoms in total. The third kappa shape index (κ3) is 2.53. The molecule has 5 heteroatoms. The molecule has 0 bridgehead atoms. The van der Waals surface area contributed by atoms with E-state index in [0.717, 1.165) is 5.56 Å². The van der Waals surface area contributed by atoms with Gasteiger partial charge in [-0.1, -0.05) is 11.6 Å². The monoisotopic (exact) mass is 281 g/mol. The smallest absolute Gasteiger partial charge is 0.186 e. The predicted molar refractivity (Wildman–Crippen MR) is 73.3 cm³/mol. The standard InChI is InChI=1S/C13H16ClNO2Si/c1-18(2,3)17-13(9-15)6-7-16-12-5-4-10(14)8-11(12)13/h4-5,8H,6-7H2,1-3H3/t13-/m1/s1. The Morgan fingerprint density at radius 1 is 1.44 bits per heavy atom. The Labute approximate surface area is 113 Å². The topological polar surface area (TPSA) is 42.2 Å². The summed E-state index contributed by atoms with van der Waals surface area (Å²) >= 11 is 6.02. The fourth-order valence-electron chi connectivity index (χ4n) is 2.15. The van der Waals surface area contributed by atoms with Gasteiger partial charge in [0.1, 0.15) is 11.8 Å². The summed E-state index contributed by atoms with van der Waals surface area (Å²) in [5.74, 6) is 0.699. The number of halogens is 1. The zero-order valence-corrected chi connectivity index (χ0v) is 12.5. The first-order valence-electron chi connectivity index (χ1n) is 5.91. The number of rotatable bonds is 2. The van der Waals surface area contributed by atoms with Crippen LogP contribution < -0.4 is 4.74 Å². The van der Waals surface area contributed by atoms with Gasteiger partial charge in [-0.05, 0) is 37.8 Å². The first-order chi connectivity index (χ1) is 8.36. The van der Waals surface area contributed by atoms with E-state index in [-0.39, 0.29) is 0 Å². The van der Waals surface area contributed by atoms with Crippen LogP contribution in [0.5, 0.6) is 5.75 Å². The second-order valence-electron chi connectivity index (χ2n) is 5.39. The van der Waals surface area contributed by atoms with Crippen LogP contribution in [0.2, 0.25) is 24.7 Å². The van der Waals surface area contributed by atoms with Gasteiger partial charge in [-0.25, -0.2) is 0 Å². The number of hydrogen-bond acceptors (Lipinski definition) is 3. The summed E-state index contributed by atoms with van der Waals surface area (Å²) < 4.78 is 11.7. The van der Waals surface area contributed by atoms with Gasteiger partial charge in [0.25, 0.3) is 0 Å². The molecule has 96 valence electrons. The van der Waals surface area contributed by atoms with Gasteiger partial charge in [0.05, 0.1) is 6.61 Å². The van der Waals surface area contributed by atoms with E-state index in [0.29, 0.717) is 23.8 Å². The molecule has 0 radical (unpaired) electrons. The van der Waals surface area contributed by atoms with Crippen LogP contribution in [-0.4, -0.2) is 14.9 Å². The zero-order valence-electron chi connectivity index (χ0n) is 10.8. The minimum Gasteiger partial charge on any atom is -0.493 e. The number of benzene rings is 1. The minimum atomic E-state index is -1.84. The molecule has 1 aromatic rings. The van der Waals surface area contributed by atoms with Crippen LogP contribution in [0.1, 0.15) is 12.0 Å². The van der Waals surface area contributed by atoms with E-state index in [2.05, 4.69) is 25.7 Å². The van der Waals surface area contributed by atoms with Crippen LogP contribution in [0, 0.1) is 11.3 Å². The lowest BCUT2D eigenvalue weighted by Gasteiger charge is -2.37. The molecule has 0 saturated carbocycles. The largest absolute Gasteiger partial charge is 0.493 e. The number of ether oxygens (including phenoxy) is 1. The Morgan fingerprint density at radius 3 is 2.78 bits per heavy atom. The van der Waals surface area contributed by atoms with Crippen LogP contribution >= 0.6 is 11.6 Å². The fourth-order valence-corrected chi connectivity index (χ4v) is 3.63. The molecule has 1 aliphatic heterocycles. The van der Waals surface area contributed by atoms with Gasteiger partial charge in [0.15, 0.2) is 13.9 Å². The second-order valence-corrected chi connectivity index (χ2v) is 10.3. The van der Waals surface area contributed by atoms with Crippen LogP contribution in [0.25, 0.3) is 0 Å². The van der Waals surface area contributed by atoms with Gasteiger partial charge in [0.2, 0.25) is 0 Å². The first-order valence-corrected chi connectivity index (χ1v) is 9.69. The van der Waals surface area contributed by atoms with Gasteiger partial charge in [-0.2, -0.15) is 5.26 Å². The maximum absolute atomic E-state index is 9.59. The second kappa shape index (κ2) is 4.58. The van der Waals surface area contributed by atoms with Crippen molar-refractivity contribution in [3.8, 4) is 11.8 Å². The molecular weight excluding hydrogens is 266 g/mol. The SMILES string of the molecule is C[Si](C)(C)O[C@@]1(C#N)CCOc2ccc(Cl)cc21. The van der Waals surface area contributed by atoms with E-state index in [9.17, 15) is 5.26 Å². The molecule has 0 fully saturated rings. The van der Waals surface area contributed by atoms with Gasteiger partial charge in [0, 0.05) is 17.0 Å². The molecule has 0 spiro atoms. The average molecular weight is 282 g/mol. The molecule has 1 atom stereocenters. The van der Waals surface area contributed by atoms with Crippen molar-refractivity contribution in [2.24, 2.45) is 0 Å². The normalized spacial score (nSPS) is 22.8. The summed E-state index contributed by atoms with van der Waals surface area (Å²) in [4.78, 5) is 0. The Morgan fingerprint density at radius 2 is 2.17 bits per heavy atom. The molecule has 2 rings (SSSR count). The van der Waals surface area contributed by atoms with E-state index >= 15 is 0 Å². The third-order valence-corrected chi connectivity index (χ3v) is 3.95. The lowest BCUT2D eigenvalue weighted by molar-refractivity contribution is 0.0664. The van der Waals surface area contributed by atoms with Crippen molar-refractivity contribution < 1.29 is 9.16 Å². The number of nitrogens with zero attached hydrogens (tertiary/aromatic N) is 1. The molecule has 1 heterocycles. The Kier molecular flexibility index (Phi) is 3.41. The van der Waals surface area contributed by atoms with E-state index in [1.807, 2.05) is 0 Å². The Bertz CT molecular complexity index is 507. The Hall–Kier alpha value is -1.02. The van der Waals surface area contributed by atoms with E-state index in [1.165, 1.54) is 0 Å². The molecular formula is C13H16ClNO2Si. The summed E-state index contributed by atoms with van der Waals surface area (Å²) in [5, 5.41) is 10.2. The summed E-state index contributed by atoms with van der Waals surface area (Å²) in [6.45, 7) is 6.72. The summed E-state index contributed by atoms with van der Waals surface area (Å²) in [7, 11) is -1.84. The zero-order chi connectivity index (χ0) is 13.4. The Balaban J connectivity index is 2.52. The molecule has 0 amide bonds. The van der Waals surface area contributed by atoms with Crippen molar-refractivity contribution in [3.05, 3.63) is 28.8 Å². The molecule has 1 aliphatic rings. The van der Waals surface area contributed by atoms with Crippen molar-refractivity contribution in [3.63, 3.8) is 0 Å². The minimum absolute atomic E-state index is 0.493. The number of hydrogen-bond donors (Lipinski definition) is 0. The molecule has 0 unspecified atom stereocenters. The number of nitriles is 1. The van der Waals surface area contributed by atoms with Crippen LogP contribution in [-0.2, 0) is 10.0 Å². The predicted octanol–water partition coefficient (Wildman–Crippen LogP) is 3.69.